The topological polar surface area (TPSA) is 141 Å². The van der Waals surface area contributed by atoms with Crippen molar-refractivity contribution < 1.29 is 47.5 Å². The number of nitrogens with zero attached hydrogens (tertiary/aromatic N) is 1. The second kappa shape index (κ2) is 16.5. The molecule has 1 aromatic heterocycles. The summed E-state index contributed by atoms with van der Waals surface area (Å²) in [5.74, 6) is -0.524. The van der Waals surface area contributed by atoms with Gasteiger partial charge in [0.1, 0.15) is 17.6 Å². The van der Waals surface area contributed by atoms with Crippen LogP contribution >= 0.6 is 0 Å². The van der Waals surface area contributed by atoms with Gasteiger partial charge in [0, 0.05) is 25.1 Å². The van der Waals surface area contributed by atoms with E-state index in [2.05, 4.69) is 10.3 Å². The van der Waals surface area contributed by atoms with Gasteiger partial charge in [0.15, 0.2) is 23.2 Å². The lowest BCUT2D eigenvalue weighted by atomic mass is 9.80. The predicted molar refractivity (Wildman–Crippen MR) is 166 cm³/mol. The molecule has 0 saturated carbocycles. The number of aromatic nitrogens is 1. The number of carbonyl (C=O) groups is 3. The van der Waals surface area contributed by atoms with Crippen molar-refractivity contribution in [3.8, 4) is 23.0 Å². The van der Waals surface area contributed by atoms with Crippen molar-refractivity contribution >= 4 is 17.8 Å². The molecule has 46 heavy (non-hydrogen) atoms. The summed E-state index contributed by atoms with van der Waals surface area (Å²) in [5.41, 5.74) is 1.91. The molecule has 0 bridgehead atoms. The number of methoxy groups -OCH3 is 3. The van der Waals surface area contributed by atoms with Crippen LogP contribution in [0.25, 0.3) is 0 Å². The van der Waals surface area contributed by atoms with E-state index in [1.54, 1.807) is 14.2 Å². The van der Waals surface area contributed by atoms with Gasteiger partial charge < -0.3 is 38.5 Å². The van der Waals surface area contributed by atoms with E-state index in [9.17, 15) is 14.4 Å². The van der Waals surface area contributed by atoms with Crippen LogP contribution in [0.15, 0.2) is 60.8 Å². The fourth-order valence-corrected chi connectivity index (χ4v) is 5.37. The van der Waals surface area contributed by atoms with Crippen LogP contribution in [0.4, 0.5) is 0 Å². The predicted octanol–water partition coefficient (Wildman–Crippen LogP) is 3.78. The van der Waals surface area contributed by atoms with Crippen LogP contribution in [0.2, 0.25) is 0 Å². The molecule has 246 valence electrons. The summed E-state index contributed by atoms with van der Waals surface area (Å²) in [6, 6.07) is 16.0. The molecular formula is C34H40N2O10. The second-order valence-electron chi connectivity index (χ2n) is 10.8. The molecule has 1 N–H and O–H groups in total. The van der Waals surface area contributed by atoms with Gasteiger partial charge >= 0.3 is 11.9 Å². The Balaban J connectivity index is 1.57. The summed E-state index contributed by atoms with van der Waals surface area (Å²) >= 11 is 0. The van der Waals surface area contributed by atoms with E-state index in [0.717, 1.165) is 22.6 Å². The van der Waals surface area contributed by atoms with Gasteiger partial charge in [-0.3, -0.25) is 9.59 Å². The van der Waals surface area contributed by atoms with E-state index in [4.69, 9.17) is 33.2 Å². The van der Waals surface area contributed by atoms with E-state index in [1.165, 1.54) is 26.3 Å². The molecule has 12 heteroatoms. The molecule has 0 radical (unpaired) electrons. The largest absolute Gasteiger partial charge is 0.497 e. The Bertz CT molecular complexity index is 1500. The van der Waals surface area contributed by atoms with Crippen molar-refractivity contribution in [3.05, 3.63) is 77.6 Å². The Morgan fingerprint density at radius 2 is 1.61 bits per heavy atom. The van der Waals surface area contributed by atoms with Crippen LogP contribution in [0.3, 0.4) is 0 Å². The normalized spacial score (nSPS) is 19.8. The molecule has 12 nitrogen and oxygen atoms in total. The van der Waals surface area contributed by atoms with E-state index in [0.29, 0.717) is 19.4 Å². The van der Waals surface area contributed by atoms with Gasteiger partial charge in [-0.2, -0.15) is 0 Å². The third-order valence-corrected chi connectivity index (χ3v) is 7.72. The van der Waals surface area contributed by atoms with Crippen LogP contribution in [-0.4, -0.2) is 76.3 Å². The van der Waals surface area contributed by atoms with Gasteiger partial charge in [0.25, 0.3) is 5.91 Å². The SMILES string of the molecule is COc1cccc(C[C@H]2COC[C@H](NC(=O)c3nccc(OC)c3OCOC(C)=O)C(=O)O[C@@H](C)[C@@H]2Cc2cccc(OC)c2)c1. The number of benzene rings is 2. The van der Waals surface area contributed by atoms with Crippen molar-refractivity contribution in [2.75, 3.05) is 41.3 Å². The molecule has 3 aromatic rings. The summed E-state index contributed by atoms with van der Waals surface area (Å²) in [6.07, 6.45) is 2.06. The Morgan fingerprint density at radius 3 is 2.24 bits per heavy atom. The molecular weight excluding hydrogens is 596 g/mol. The van der Waals surface area contributed by atoms with Crippen molar-refractivity contribution in [1.82, 2.24) is 10.3 Å². The summed E-state index contributed by atoms with van der Waals surface area (Å²) in [5, 5.41) is 2.67. The molecule has 4 rings (SSSR count). The summed E-state index contributed by atoms with van der Waals surface area (Å²) in [7, 11) is 4.64. The lowest BCUT2D eigenvalue weighted by Crippen LogP contribution is -2.46. The van der Waals surface area contributed by atoms with Gasteiger partial charge in [0.2, 0.25) is 6.79 Å². The summed E-state index contributed by atoms with van der Waals surface area (Å²) in [6.45, 7) is 2.78. The first kappa shape index (κ1) is 34.0. The minimum absolute atomic E-state index is 0.0498. The monoisotopic (exact) mass is 636 g/mol. The first-order valence-electron chi connectivity index (χ1n) is 14.9. The third kappa shape index (κ3) is 9.10. The first-order valence-corrected chi connectivity index (χ1v) is 14.9. The standard InChI is InChI=1S/C34H40N2O10/c1-21-28(17-24-9-7-11-27(16-24)41-4)25(14-23-8-6-10-26(15-23)40-3)18-43-19-29(34(39)46-21)36-33(38)31-32(45-20-44-22(2)37)30(42-5)12-13-35-31/h6-13,15-16,21,25,28-29H,14,17-20H2,1-5H3,(H,36,38)/t21-,25-,28-,29-/m0/s1. The minimum Gasteiger partial charge on any atom is -0.497 e. The number of esters is 2. The minimum atomic E-state index is -1.14. The zero-order valence-corrected chi connectivity index (χ0v) is 26.6. The number of ether oxygens (including phenoxy) is 7. The van der Waals surface area contributed by atoms with E-state index >= 15 is 0 Å². The smallest absolute Gasteiger partial charge is 0.331 e. The zero-order chi connectivity index (χ0) is 33.1. The van der Waals surface area contributed by atoms with Crippen LogP contribution in [0.1, 0.15) is 35.5 Å². The van der Waals surface area contributed by atoms with Crippen molar-refractivity contribution in [3.63, 3.8) is 0 Å². The maximum Gasteiger partial charge on any atom is 0.331 e. The Morgan fingerprint density at radius 1 is 0.935 bits per heavy atom. The summed E-state index contributed by atoms with van der Waals surface area (Å²) in [4.78, 5) is 42.3. The third-order valence-electron chi connectivity index (χ3n) is 7.72. The Labute approximate surface area is 268 Å². The highest BCUT2D eigenvalue weighted by atomic mass is 16.7. The molecule has 1 aliphatic heterocycles. The Hall–Kier alpha value is -4.84. The van der Waals surface area contributed by atoms with Gasteiger partial charge in [0.05, 0.1) is 34.5 Å². The van der Waals surface area contributed by atoms with Crippen LogP contribution in [-0.2, 0) is 36.6 Å². The molecule has 1 aliphatic rings. The number of carbonyl (C=O) groups excluding carboxylic acids is 3. The number of hydrogen-bond acceptors (Lipinski definition) is 11. The maximum atomic E-state index is 13.5. The fourth-order valence-electron chi connectivity index (χ4n) is 5.37. The summed E-state index contributed by atoms with van der Waals surface area (Å²) < 4.78 is 38.7. The molecule has 2 heterocycles. The van der Waals surface area contributed by atoms with Crippen molar-refractivity contribution in [1.29, 1.82) is 0 Å². The molecule has 0 aliphatic carbocycles. The maximum absolute atomic E-state index is 13.5. The Kier molecular flexibility index (Phi) is 12.2. The molecule has 1 amide bonds. The number of hydrogen-bond donors (Lipinski definition) is 1. The molecule has 1 saturated heterocycles. The average molecular weight is 637 g/mol. The highest BCUT2D eigenvalue weighted by Crippen LogP contribution is 2.32. The van der Waals surface area contributed by atoms with Gasteiger partial charge in [-0.25, -0.2) is 9.78 Å². The van der Waals surface area contributed by atoms with Gasteiger partial charge in [-0.1, -0.05) is 24.3 Å². The number of nitrogens with one attached hydrogen (secondary N) is 1. The van der Waals surface area contributed by atoms with Crippen molar-refractivity contribution in [2.24, 2.45) is 11.8 Å². The number of amides is 1. The molecule has 0 unspecified atom stereocenters. The molecule has 1 fully saturated rings. The number of pyridine rings is 1. The fraction of sp³-hybridized carbons (Fsp3) is 0.412. The molecule has 4 atom stereocenters. The lowest BCUT2D eigenvalue weighted by molar-refractivity contribution is -0.154. The van der Waals surface area contributed by atoms with E-state index in [-0.39, 0.29) is 35.6 Å². The van der Waals surface area contributed by atoms with E-state index in [1.807, 2.05) is 55.5 Å². The van der Waals surface area contributed by atoms with E-state index < -0.39 is 36.8 Å². The number of rotatable bonds is 12. The number of cyclic esters (lactones) is 1. The van der Waals surface area contributed by atoms with Gasteiger partial charge in [-0.05, 0) is 61.1 Å². The lowest BCUT2D eigenvalue weighted by Gasteiger charge is -2.31. The molecule has 0 spiro atoms. The van der Waals surface area contributed by atoms with Crippen molar-refractivity contribution in [2.45, 2.75) is 38.8 Å². The molecule has 2 aromatic carbocycles. The van der Waals surface area contributed by atoms with Gasteiger partial charge in [-0.15, -0.1) is 0 Å². The van der Waals surface area contributed by atoms with Crippen LogP contribution < -0.4 is 24.3 Å². The van der Waals surface area contributed by atoms with Crippen LogP contribution in [0, 0.1) is 11.8 Å². The quantitative estimate of drug-likeness (QED) is 0.229. The highest BCUT2D eigenvalue weighted by molar-refractivity contribution is 5.98. The average Bonchev–Trinajstić information content (AvgIpc) is 3.10. The highest BCUT2D eigenvalue weighted by Gasteiger charge is 2.36. The zero-order valence-electron chi connectivity index (χ0n) is 26.6. The first-order chi connectivity index (χ1) is 22.2. The van der Waals surface area contributed by atoms with Crippen LogP contribution in [0.5, 0.6) is 23.0 Å². The second-order valence-corrected chi connectivity index (χ2v) is 10.8.